The Kier molecular flexibility index (Phi) is 5.42. The third-order valence-electron chi connectivity index (χ3n) is 2.86. The molecule has 0 fully saturated rings. The first-order chi connectivity index (χ1) is 11.0. The molecule has 0 aliphatic carbocycles. The second-order valence-electron chi connectivity index (χ2n) is 4.50. The van der Waals surface area contributed by atoms with Gasteiger partial charge in [0.05, 0.1) is 9.85 Å². The standard InChI is InChI=1S/C15H11BrN2O5/c16-13-4-5-15(12(9-13)6-7-17(19)20)23-10-11-2-1-3-14(8-11)18(21)22/h1-9H,10H2/b7-6+. The fourth-order valence-electron chi connectivity index (χ4n) is 1.84. The van der Waals surface area contributed by atoms with Crippen LogP contribution in [0.3, 0.4) is 0 Å². The van der Waals surface area contributed by atoms with Gasteiger partial charge in [0.2, 0.25) is 6.20 Å². The lowest BCUT2D eigenvalue weighted by atomic mass is 10.2. The van der Waals surface area contributed by atoms with Crippen molar-refractivity contribution in [2.24, 2.45) is 0 Å². The number of non-ortho nitro benzene ring substituents is 1. The monoisotopic (exact) mass is 378 g/mol. The van der Waals surface area contributed by atoms with Crippen molar-refractivity contribution in [1.29, 1.82) is 0 Å². The number of hydrogen-bond donors (Lipinski definition) is 0. The lowest BCUT2D eigenvalue weighted by Crippen LogP contribution is -1.98. The Balaban J connectivity index is 2.18. The smallest absolute Gasteiger partial charge is 0.269 e. The van der Waals surface area contributed by atoms with Gasteiger partial charge >= 0.3 is 0 Å². The topological polar surface area (TPSA) is 95.5 Å². The van der Waals surface area contributed by atoms with Gasteiger partial charge in [-0.1, -0.05) is 28.1 Å². The van der Waals surface area contributed by atoms with Crippen LogP contribution >= 0.6 is 15.9 Å². The Labute approximate surface area is 139 Å². The molecule has 0 radical (unpaired) electrons. The van der Waals surface area contributed by atoms with Crippen LogP contribution in [0.5, 0.6) is 5.75 Å². The number of benzene rings is 2. The minimum Gasteiger partial charge on any atom is -0.488 e. The van der Waals surface area contributed by atoms with E-state index in [1.54, 1.807) is 30.3 Å². The predicted octanol–water partition coefficient (Wildman–Crippen LogP) is 4.18. The summed E-state index contributed by atoms with van der Waals surface area (Å²) < 4.78 is 6.38. The Morgan fingerprint density at radius 2 is 1.91 bits per heavy atom. The highest BCUT2D eigenvalue weighted by Gasteiger charge is 2.08. The van der Waals surface area contributed by atoms with Crippen molar-refractivity contribution in [2.45, 2.75) is 6.61 Å². The van der Waals surface area contributed by atoms with Gasteiger partial charge in [-0.2, -0.15) is 0 Å². The largest absolute Gasteiger partial charge is 0.488 e. The average molecular weight is 379 g/mol. The number of nitrogens with zero attached hydrogens (tertiary/aromatic N) is 2. The molecule has 0 unspecified atom stereocenters. The minimum absolute atomic E-state index is 0.0182. The third-order valence-corrected chi connectivity index (χ3v) is 3.36. The average Bonchev–Trinajstić information content (AvgIpc) is 2.52. The summed E-state index contributed by atoms with van der Waals surface area (Å²) in [6.45, 7) is 0.114. The molecule has 0 aromatic heterocycles. The highest BCUT2D eigenvalue weighted by Crippen LogP contribution is 2.26. The van der Waals surface area contributed by atoms with Gasteiger partial charge in [-0.05, 0) is 23.8 Å². The SMILES string of the molecule is O=[N+]([O-])/C=C/c1cc(Br)ccc1OCc1cccc([N+](=O)[O-])c1. The van der Waals surface area contributed by atoms with Gasteiger partial charge in [-0.15, -0.1) is 0 Å². The maximum atomic E-state index is 10.8. The van der Waals surface area contributed by atoms with Crippen LogP contribution < -0.4 is 4.74 Å². The molecular weight excluding hydrogens is 368 g/mol. The zero-order chi connectivity index (χ0) is 16.8. The number of rotatable bonds is 6. The molecule has 0 amide bonds. The second-order valence-corrected chi connectivity index (χ2v) is 5.41. The molecule has 2 aromatic carbocycles. The first-order valence-corrected chi connectivity index (χ1v) is 7.22. The zero-order valence-corrected chi connectivity index (χ0v) is 13.3. The van der Waals surface area contributed by atoms with Crippen molar-refractivity contribution in [3.05, 3.63) is 84.5 Å². The number of nitro benzene ring substituents is 1. The highest BCUT2D eigenvalue weighted by atomic mass is 79.9. The normalized spacial score (nSPS) is 10.7. The second kappa shape index (κ2) is 7.50. The van der Waals surface area contributed by atoms with Crippen molar-refractivity contribution in [3.8, 4) is 5.75 Å². The van der Waals surface area contributed by atoms with E-state index >= 15 is 0 Å². The van der Waals surface area contributed by atoms with E-state index in [1.165, 1.54) is 18.2 Å². The quantitative estimate of drug-likeness (QED) is 0.554. The van der Waals surface area contributed by atoms with E-state index < -0.39 is 9.85 Å². The van der Waals surface area contributed by atoms with Crippen LogP contribution in [-0.4, -0.2) is 9.85 Å². The predicted molar refractivity (Wildman–Crippen MR) is 87.6 cm³/mol. The molecule has 2 rings (SSSR count). The molecule has 7 nitrogen and oxygen atoms in total. The summed E-state index contributed by atoms with van der Waals surface area (Å²) in [5.74, 6) is 0.442. The van der Waals surface area contributed by atoms with Crippen LogP contribution in [0.4, 0.5) is 5.69 Å². The lowest BCUT2D eigenvalue weighted by Gasteiger charge is -2.09. The van der Waals surface area contributed by atoms with Crippen molar-refractivity contribution in [1.82, 2.24) is 0 Å². The zero-order valence-electron chi connectivity index (χ0n) is 11.7. The van der Waals surface area contributed by atoms with Gasteiger partial charge in [0.1, 0.15) is 12.4 Å². The van der Waals surface area contributed by atoms with E-state index in [9.17, 15) is 20.2 Å². The van der Waals surface area contributed by atoms with Crippen molar-refractivity contribution < 1.29 is 14.6 Å². The van der Waals surface area contributed by atoms with E-state index in [-0.39, 0.29) is 12.3 Å². The number of halogens is 1. The van der Waals surface area contributed by atoms with Crippen LogP contribution in [0.25, 0.3) is 6.08 Å². The Morgan fingerprint density at radius 1 is 1.13 bits per heavy atom. The first-order valence-electron chi connectivity index (χ1n) is 6.43. The summed E-state index contributed by atoms with van der Waals surface area (Å²) >= 11 is 3.29. The molecule has 23 heavy (non-hydrogen) atoms. The first kappa shape index (κ1) is 16.6. The summed E-state index contributed by atoms with van der Waals surface area (Å²) in [4.78, 5) is 20.2. The molecule has 0 heterocycles. The lowest BCUT2D eigenvalue weighted by molar-refractivity contribution is -0.400. The summed E-state index contributed by atoms with van der Waals surface area (Å²) in [5.41, 5.74) is 1.14. The van der Waals surface area contributed by atoms with E-state index in [4.69, 9.17) is 4.74 Å². The van der Waals surface area contributed by atoms with Crippen LogP contribution in [-0.2, 0) is 6.61 Å². The van der Waals surface area contributed by atoms with Crippen molar-refractivity contribution in [2.75, 3.05) is 0 Å². The van der Waals surface area contributed by atoms with Gasteiger partial charge in [0, 0.05) is 28.2 Å². The highest BCUT2D eigenvalue weighted by molar-refractivity contribution is 9.10. The minimum atomic E-state index is -0.564. The fraction of sp³-hybridized carbons (Fsp3) is 0.0667. The van der Waals surface area contributed by atoms with E-state index in [1.807, 2.05) is 0 Å². The van der Waals surface area contributed by atoms with Crippen LogP contribution in [0.15, 0.2) is 53.1 Å². The molecule has 0 bridgehead atoms. The molecule has 118 valence electrons. The third kappa shape index (κ3) is 4.89. The summed E-state index contributed by atoms with van der Waals surface area (Å²) in [6.07, 6.45) is 2.15. The summed E-state index contributed by atoms with van der Waals surface area (Å²) in [5, 5.41) is 21.2. The molecule has 2 aromatic rings. The van der Waals surface area contributed by atoms with Gasteiger partial charge in [0.25, 0.3) is 5.69 Å². The van der Waals surface area contributed by atoms with Gasteiger partial charge in [-0.3, -0.25) is 20.2 Å². The fourth-order valence-corrected chi connectivity index (χ4v) is 2.22. The number of nitro groups is 2. The van der Waals surface area contributed by atoms with Gasteiger partial charge < -0.3 is 4.74 Å². The van der Waals surface area contributed by atoms with Crippen LogP contribution in [0.1, 0.15) is 11.1 Å². The van der Waals surface area contributed by atoms with Crippen LogP contribution in [0, 0.1) is 20.2 Å². The van der Waals surface area contributed by atoms with E-state index in [0.29, 0.717) is 16.9 Å². The Hall–Kier alpha value is -2.74. The molecule has 0 aliphatic rings. The molecule has 0 atom stereocenters. The van der Waals surface area contributed by atoms with Crippen LogP contribution in [0.2, 0.25) is 0 Å². The Morgan fingerprint density at radius 3 is 2.61 bits per heavy atom. The molecule has 8 heteroatoms. The van der Waals surface area contributed by atoms with Gasteiger partial charge in [-0.25, -0.2) is 0 Å². The maximum absolute atomic E-state index is 10.8. The molecular formula is C15H11BrN2O5. The molecule has 0 aliphatic heterocycles. The van der Waals surface area contributed by atoms with Crippen molar-refractivity contribution in [3.63, 3.8) is 0 Å². The molecule has 0 spiro atoms. The molecule has 0 saturated carbocycles. The summed E-state index contributed by atoms with van der Waals surface area (Å²) in [6, 6.07) is 11.2. The van der Waals surface area contributed by atoms with Crippen molar-refractivity contribution >= 4 is 27.7 Å². The summed E-state index contributed by atoms with van der Waals surface area (Å²) in [7, 11) is 0. The van der Waals surface area contributed by atoms with Gasteiger partial charge in [0.15, 0.2) is 0 Å². The maximum Gasteiger partial charge on any atom is 0.269 e. The number of hydrogen-bond acceptors (Lipinski definition) is 5. The van der Waals surface area contributed by atoms with E-state index in [0.717, 1.165) is 10.7 Å². The molecule has 0 saturated heterocycles. The van der Waals surface area contributed by atoms with E-state index in [2.05, 4.69) is 15.9 Å². The Bertz CT molecular complexity index is 776. The number of ether oxygens (including phenoxy) is 1. The molecule has 0 N–H and O–H groups in total.